The van der Waals surface area contributed by atoms with Gasteiger partial charge in [-0.3, -0.25) is 8.37 Å². The Balaban J connectivity index is 1.81. The molecule has 29 heavy (non-hydrogen) atoms. The molecular formula is C19H24O8S2. The molecule has 2 rings (SSSR count). The molecule has 8 nitrogen and oxygen atoms in total. The molecule has 0 fully saturated rings. The van der Waals surface area contributed by atoms with E-state index in [1.807, 2.05) is 13.8 Å². The lowest BCUT2D eigenvalue weighted by Crippen LogP contribution is -2.26. The van der Waals surface area contributed by atoms with E-state index in [2.05, 4.69) is 0 Å². The van der Waals surface area contributed by atoms with E-state index in [9.17, 15) is 16.8 Å². The maximum Gasteiger partial charge on any atom is 0.297 e. The van der Waals surface area contributed by atoms with Crippen LogP contribution in [0, 0.1) is 13.8 Å². The molecule has 0 aliphatic rings. The van der Waals surface area contributed by atoms with E-state index in [4.69, 9.17) is 17.8 Å². The second kappa shape index (κ2) is 10.3. The van der Waals surface area contributed by atoms with Crippen LogP contribution in [0.1, 0.15) is 11.1 Å². The van der Waals surface area contributed by atoms with Crippen LogP contribution in [0.3, 0.4) is 0 Å². The molecule has 0 aromatic heterocycles. The largest absolute Gasteiger partial charge is 0.353 e. The normalized spacial score (nSPS) is 13.3. The van der Waals surface area contributed by atoms with Gasteiger partial charge in [-0.25, -0.2) is 0 Å². The van der Waals surface area contributed by atoms with Crippen molar-refractivity contribution in [2.75, 3.05) is 26.9 Å². The van der Waals surface area contributed by atoms with Crippen LogP contribution < -0.4 is 0 Å². The fourth-order valence-corrected chi connectivity index (χ4v) is 3.99. The van der Waals surface area contributed by atoms with Crippen molar-refractivity contribution in [3.63, 3.8) is 0 Å². The van der Waals surface area contributed by atoms with Gasteiger partial charge in [-0.2, -0.15) is 16.8 Å². The number of ether oxygens (including phenoxy) is 2. The van der Waals surface area contributed by atoms with Crippen molar-refractivity contribution >= 4 is 20.2 Å². The van der Waals surface area contributed by atoms with Gasteiger partial charge < -0.3 is 9.47 Å². The van der Waals surface area contributed by atoms with Crippen molar-refractivity contribution in [2.45, 2.75) is 29.9 Å². The molecule has 0 spiro atoms. The van der Waals surface area contributed by atoms with Crippen LogP contribution in [-0.4, -0.2) is 50.1 Å². The number of rotatable bonds is 11. The maximum absolute atomic E-state index is 12.2. The third-order valence-corrected chi connectivity index (χ3v) is 6.49. The summed E-state index contributed by atoms with van der Waals surface area (Å²) in [5.74, 6) is 0. The molecule has 0 saturated carbocycles. The van der Waals surface area contributed by atoms with Crippen molar-refractivity contribution in [1.29, 1.82) is 0 Å². The highest BCUT2D eigenvalue weighted by Gasteiger charge is 2.19. The smallest absolute Gasteiger partial charge is 0.297 e. The highest BCUT2D eigenvalue weighted by Crippen LogP contribution is 2.15. The zero-order chi connectivity index (χ0) is 21.5. The number of aryl methyl sites for hydroxylation is 2. The lowest BCUT2D eigenvalue weighted by molar-refractivity contribution is -0.144. The van der Waals surface area contributed by atoms with E-state index in [-0.39, 0.29) is 23.0 Å². The molecule has 10 heteroatoms. The van der Waals surface area contributed by atoms with E-state index in [1.165, 1.54) is 31.4 Å². The Labute approximate surface area is 171 Å². The van der Waals surface area contributed by atoms with E-state index in [0.717, 1.165) is 11.1 Å². The minimum Gasteiger partial charge on any atom is -0.353 e. The first-order valence-corrected chi connectivity index (χ1v) is 11.5. The van der Waals surface area contributed by atoms with Crippen LogP contribution in [0.4, 0.5) is 0 Å². The summed E-state index contributed by atoms with van der Waals surface area (Å²) in [6.45, 7) is 2.89. The quantitative estimate of drug-likeness (QED) is 0.296. The Hall–Kier alpha value is -1.82. The van der Waals surface area contributed by atoms with Gasteiger partial charge in [0.15, 0.2) is 6.29 Å². The molecule has 0 heterocycles. The second-order valence-corrected chi connectivity index (χ2v) is 9.41. The SMILES string of the molecule is CO[C@H](COS(=O)(=O)c1ccc(C)cc1)OCCOS(=O)(=O)c1ccc(C)cc1. The predicted molar refractivity (Wildman–Crippen MR) is 105 cm³/mol. The number of hydrogen-bond acceptors (Lipinski definition) is 8. The summed E-state index contributed by atoms with van der Waals surface area (Å²) >= 11 is 0. The molecule has 0 radical (unpaired) electrons. The fraction of sp³-hybridized carbons (Fsp3) is 0.368. The molecule has 0 saturated heterocycles. The van der Waals surface area contributed by atoms with Gasteiger partial charge in [-0.15, -0.1) is 0 Å². The summed E-state index contributed by atoms with van der Waals surface area (Å²) < 4.78 is 68.7. The first kappa shape index (κ1) is 23.5. The summed E-state index contributed by atoms with van der Waals surface area (Å²) in [5.41, 5.74) is 1.85. The first-order chi connectivity index (χ1) is 13.6. The molecule has 0 N–H and O–H groups in total. The zero-order valence-corrected chi connectivity index (χ0v) is 18.0. The Morgan fingerprint density at radius 2 is 1.17 bits per heavy atom. The van der Waals surface area contributed by atoms with Gasteiger partial charge in [-0.05, 0) is 38.1 Å². The Bertz CT molecular complexity index is 982. The lowest BCUT2D eigenvalue weighted by Gasteiger charge is -2.16. The molecule has 0 bridgehead atoms. The molecule has 160 valence electrons. The van der Waals surface area contributed by atoms with Gasteiger partial charge in [0.25, 0.3) is 20.2 Å². The van der Waals surface area contributed by atoms with Gasteiger partial charge >= 0.3 is 0 Å². The van der Waals surface area contributed by atoms with Crippen LogP contribution in [0.15, 0.2) is 58.3 Å². The van der Waals surface area contributed by atoms with Crippen LogP contribution in [0.5, 0.6) is 0 Å². The Morgan fingerprint density at radius 1 is 0.724 bits per heavy atom. The minimum absolute atomic E-state index is 0.0190. The summed E-state index contributed by atoms with van der Waals surface area (Å²) in [6, 6.07) is 12.4. The highest BCUT2D eigenvalue weighted by molar-refractivity contribution is 7.87. The van der Waals surface area contributed by atoms with Crippen LogP contribution in [-0.2, 0) is 38.1 Å². The standard InChI is InChI=1S/C19H24O8S2/c1-15-4-8-17(9-5-15)28(20,21)26-13-12-25-19(24-3)14-27-29(22,23)18-10-6-16(2)7-11-18/h4-11,19H,12-14H2,1-3H3/t19-/m0/s1. The number of benzene rings is 2. The summed E-state index contributed by atoms with van der Waals surface area (Å²) in [7, 11) is -6.55. The maximum atomic E-state index is 12.2. The monoisotopic (exact) mass is 444 g/mol. The van der Waals surface area contributed by atoms with Gasteiger partial charge in [0.1, 0.15) is 6.61 Å². The molecule has 2 aromatic carbocycles. The summed E-state index contributed by atoms with van der Waals surface area (Å²) in [6.07, 6.45) is -1.01. The van der Waals surface area contributed by atoms with Crippen molar-refractivity contribution in [3.8, 4) is 0 Å². The number of hydrogen-bond donors (Lipinski definition) is 0. The molecular weight excluding hydrogens is 420 g/mol. The predicted octanol–water partition coefficient (Wildman–Crippen LogP) is 2.40. The summed E-state index contributed by atoms with van der Waals surface area (Å²) in [4.78, 5) is 0.0596. The molecule has 1 atom stereocenters. The third-order valence-electron chi connectivity index (χ3n) is 3.87. The molecule has 2 aromatic rings. The average Bonchev–Trinajstić information content (AvgIpc) is 2.68. The zero-order valence-electron chi connectivity index (χ0n) is 16.4. The fourth-order valence-electron chi connectivity index (χ4n) is 2.20. The second-order valence-electron chi connectivity index (χ2n) is 6.18. The lowest BCUT2D eigenvalue weighted by atomic mass is 10.2. The minimum atomic E-state index is -3.96. The van der Waals surface area contributed by atoms with Crippen molar-refractivity contribution in [1.82, 2.24) is 0 Å². The van der Waals surface area contributed by atoms with Gasteiger partial charge in [0.05, 0.1) is 23.0 Å². The summed E-state index contributed by atoms with van der Waals surface area (Å²) in [5, 5.41) is 0. The van der Waals surface area contributed by atoms with Gasteiger partial charge in [0.2, 0.25) is 0 Å². The third kappa shape index (κ3) is 7.18. The van der Waals surface area contributed by atoms with Crippen LogP contribution in [0.2, 0.25) is 0 Å². The van der Waals surface area contributed by atoms with E-state index in [0.29, 0.717) is 0 Å². The molecule has 0 unspecified atom stereocenters. The van der Waals surface area contributed by atoms with E-state index < -0.39 is 33.1 Å². The first-order valence-electron chi connectivity index (χ1n) is 8.70. The van der Waals surface area contributed by atoms with Gasteiger partial charge in [-0.1, -0.05) is 35.4 Å². The van der Waals surface area contributed by atoms with Crippen LogP contribution >= 0.6 is 0 Å². The Kier molecular flexibility index (Phi) is 8.32. The number of methoxy groups -OCH3 is 1. The van der Waals surface area contributed by atoms with Crippen molar-refractivity contribution < 1.29 is 34.7 Å². The molecule has 0 aliphatic carbocycles. The van der Waals surface area contributed by atoms with Crippen LogP contribution in [0.25, 0.3) is 0 Å². The molecule has 0 amide bonds. The highest BCUT2D eigenvalue weighted by atomic mass is 32.2. The van der Waals surface area contributed by atoms with Crippen molar-refractivity contribution in [3.05, 3.63) is 59.7 Å². The molecule has 0 aliphatic heterocycles. The van der Waals surface area contributed by atoms with E-state index >= 15 is 0 Å². The van der Waals surface area contributed by atoms with Crippen molar-refractivity contribution in [2.24, 2.45) is 0 Å². The average molecular weight is 445 g/mol. The van der Waals surface area contributed by atoms with Gasteiger partial charge in [0, 0.05) is 7.11 Å². The van der Waals surface area contributed by atoms with E-state index in [1.54, 1.807) is 24.3 Å². The Morgan fingerprint density at radius 3 is 1.62 bits per heavy atom. The topological polar surface area (TPSA) is 105 Å².